The minimum Gasteiger partial charge on any atom is -0.442 e. The Balaban J connectivity index is 3.10. The number of alkyl halides is 4. The summed E-state index contributed by atoms with van der Waals surface area (Å²) in [7, 11) is 0. The molecular weight excluding hydrogens is 256 g/mol. The number of nitrogens with zero attached hydrogens (tertiary/aromatic N) is 2. The SMILES string of the molecule is CC(C)(C)OC(=O)n1nc(C(F)F)cc1C(F)F. The quantitative estimate of drug-likeness (QED) is 0.770. The van der Waals surface area contributed by atoms with Crippen LogP contribution >= 0.6 is 0 Å². The van der Waals surface area contributed by atoms with Crippen LogP contribution in [0.1, 0.15) is 45.0 Å². The van der Waals surface area contributed by atoms with E-state index in [-0.39, 0.29) is 4.68 Å². The Kier molecular flexibility index (Phi) is 3.98. The van der Waals surface area contributed by atoms with Gasteiger partial charge in [0.25, 0.3) is 12.9 Å². The molecule has 0 aliphatic carbocycles. The Morgan fingerprint density at radius 1 is 1.28 bits per heavy atom. The van der Waals surface area contributed by atoms with Crippen LogP contribution in [0.2, 0.25) is 0 Å². The van der Waals surface area contributed by atoms with Crippen molar-refractivity contribution in [3.05, 3.63) is 17.5 Å². The zero-order chi connectivity index (χ0) is 14.1. The lowest BCUT2D eigenvalue weighted by Gasteiger charge is -2.19. The first-order valence-corrected chi connectivity index (χ1v) is 5.01. The number of halogens is 4. The summed E-state index contributed by atoms with van der Waals surface area (Å²) < 4.78 is 54.8. The van der Waals surface area contributed by atoms with E-state index in [4.69, 9.17) is 4.74 Å². The van der Waals surface area contributed by atoms with Crippen molar-refractivity contribution in [2.24, 2.45) is 0 Å². The van der Waals surface area contributed by atoms with Gasteiger partial charge in [-0.2, -0.15) is 9.78 Å². The van der Waals surface area contributed by atoms with Crippen molar-refractivity contribution >= 4 is 6.09 Å². The third kappa shape index (κ3) is 3.44. The topological polar surface area (TPSA) is 44.1 Å². The van der Waals surface area contributed by atoms with Gasteiger partial charge in [0.15, 0.2) is 0 Å². The minimum atomic E-state index is -3.10. The van der Waals surface area contributed by atoms with Gasteiger partial charge in [-0.05, 0) is 26.8 Å². The largest absolute Gasteiger partial charge is 0.442 e. The highest BCUT2D eigenvalue weighted by Crippen LogP contribution is 2.25. The van der Waals surface area contributed by atoms with Gasteiger partial charge in [-0.1, -0.05) is 0 Å². The monoisotopic (exact) mass is 268 g/mol. The minimum absolute atomic E-state index is 0.164. The Morgan fingerprint density at radius 3 is 2.22 bits per heavy atom. The van der Waals surface area contributed by atoms with Crippen LogP contribution in [0.3, 0.4) is 0 Å². The molecule has 0 amide bonds. The fourth-order valence-electron chi connectivity index (χ4n) is 1.13. The number of aromatic nitrogens is 2. The van der Waals surface area contributed by atoms with Crippen LogP contribution in [0.25, 0.3) is 0 Å². The number of hydrogen-bond acceptors (Lipinski definition) is 3. The second-order valence-electron chi connectivity index (χ2n) is 4.49. The maximum atomic E-state index is 12.6. The van der Waals surface area contributed by atoms with E-state index in [1.165, 1.54) is 20.8 Å². The highest BCUT2D eigenvalue weighted by molar-refractivity contribution is 5.71. The second-order valence-corrected chi connectivity index (χ2v) is 4.49. The van der Waals surface area contributed by atoms with Gasteiger partial charge in [0, 0.05) is 0 Å². The molecule has 1 aromatic rings. The molecule has 8 heteroatoms. The number of carbonyl (C=O) groups is 1. The molecule has 1 rings (SSSR count). The van der Waals surface area contributed by atoms with Crippen molar-refractivity contribution in [3.63, 3.8) is 0 Å². The molecule has 0 unspecified atom stereocenters. The molecule has 102 valence electrons. The van der Waals surface area contributed by atoms with Crippen molar-refractivity contribution in [1.82, 2.24) is 9.78 Å². The predicted molar refractivity (Wildman–Crippen MR) is 53.8 cm³/mol. The summed E-state index contributed by atoms with van der Waals surface area (Å²) in [6.07, 6.45) is -7.35. The van der Waals surface area contributed by atoms with Crippen molar-refractivity contribution in [2.45, 2.75) is 39.2 Å². The molecule has 0 saturated carbocycles. The van der Waals surface area contributed by atoms with Gasteiger partial charge in [0.2, 0.25) is 0 Å². The zero-order valence-corrected chi connectivity index (χ0v) is 9.95. The van der Waals surface area contributed by atoms with E-state index in [0.717, 1.165) is 0 Å². The van der Waals surface area contributed by atoms with Crippen LogP contribution < -0.4 is 0 Å². The summed E-state index contributed by atoms with van der Waals surface area (Å²) in [6.45, 7) is 4.55. The molecule has 0 saturated heterocycles. The van der Waals surface area contributed by atoms with Crippen molar-refractivity contribution in [3.8, 4) is 0 Å². The van der Waals surface area contributed by atoms with Gasteiger partial charge in [-0.3, -0.25) is 0 Å². The summed E-state index contributed by atoms with van der Waals surface area (Å²) >= 11 is 0. The lowest BCUT2D eigenvalue weighted by atomic mass is 10.2. The first kappa shape index (κ1) is 14.5. The number of rotatable bonds is 2. The van der Waals surface area contributed by atoms with E-state index >= 15 is 0 Å². The molecule has 0 aliphatic heterocycles. The Labute approximate surface area is 101 Å². The molecule has 0 aliphatic rings. The normalized spacial score (nSPS) is 12.3. The summed E-state index contributed by atoms with van der Waals surface area (Å²) in [5.41, 5.74) is -2.75. The smallest absolute Gasteiger partial charge is 0.435 e. The predicted octanol–water partition coefficient (Wildman–Crippen LogP) is 3.54. The summed E-state index contributed by atoms with van der Waals surface area (Å²) in [6, 6.07) is 0.485. The molecule has 4 nitrogen and oxygen atoms in total. The van der Waals surface area contributed by atoms with E-state index in [9.17, 15) is 22.4 Å². The standard InChI is InChI=1S/C10H12F4N2O2/c1-10(2,3)18-9(17)16-6(8(13)14)4-5(15-16)7(11)12/h4,7-8H,1-3H3. The van der Waals surface area contributed by atoms with E-state index < -0.39 is 35.9 Å². The van der Waals surface area contributed by atoms with Crippen LogP contribution in [0.4, 0.5) is 22.4 Å². The summed E-state index contributed by atoms with van der Waals surface area (Å²) in [5.74, 6) is 0. The van der Waals surface area contributed by atoms with Crippen molar-refractivity contribution < 1.29 is 27.1 Å². The average molecular weight is 268 g/mol. The first-order chi connectivity index (χ1) is 8.11. The van der Waals surface area contributed by atoms with Crippen LogP contribution in [-0.2, 0) is 4.74 Å². The van der Waals surface area contributed by atoms with Crippen molar-refractivity contribution in [2.75, 3.05) is 0 Å². The van der Waals surface area contributed by atoms with E-state index in [2.05, 4.69) is 5.10 Å². The van der Waals surface area contributed by atoms with Crippen molar-refractivity contribution in [1.29, 1.82) is 0 Å². The maximum absolute atomic E-state index is 12.6. The number of hydrogen-bond donors (Lipinski definition) is 0. The van der Waals surface area contributed by atoms with Gasteiger partial charge in [-0.15, -0.1) is 0 Å². The molecule has 0 fully saturated rings. The Hall–Kier alpha value is -1.60. The van der Waals surface area contributed by atoms with Gasteiger partial charge >= 0.3 is 6.09 Å². The van der Waals surface area contributed by atoms with E-state index in [1.807, 2.05) is 0 Å². The Bertz CT molecular complexity index is 438. The second kappa shape index (κ2) is 4.95. The number of carbonyl (C=O) groups excluding carboxylic acids is 1. The Morgan fingerprint density at radius 2 is 1.83 bits per heavy atom. The summed E-state index contributed by atoms with van der Waals surface area (Å²) in [5, 5.41) is 3.13. The molecule has 0 spiro atoms. The summed E-state index contributed by atoms with van der Waals surface area (Å²) in [4.78, 5) is 11.5. The average Bonchev–Trinajstić information content (AvgIpc) is 2.58. The maximum Gasteiger partial charge on any atom is 0.435 e. The van der Waals surface area contributed by atoms with Gasteiger partial charge in [0.05, 0.1) is 0 Å². The van der Waals surface area contributed by atoms with Crippen LogP contribution in [-0.4, -0.2) is 21.5 Å². The van der Waals surface area contributed by atoms with Gasteiger partial charge in [-0.25, -0.2) is 22.4 Å². The van der Waals surface area contributed by atoms with E-state index in [0.29, 0.717) is 6.07 Å². The molecule has 0 N–H and O–H groups in total. The van der Waals surface area contributed by atoms with Gasteiger partial charge < -0.3 is 4.74 Å². The first-order valence-electron chi connectivity index (χ1n) is 5.01. The molecule has 0 aromatic carbocycles. The lowest BCUT2D eigenvalue weighted by Crippen LogP contribution is -2.28. The fraction of sp³-hybridized carbons (Fsp3) is 0.600. The lowest BCUT2D eigenvalue weighted by molar-refractivity contribution is 0.0472. The molecule has 0 radical (unpaired) electrons. The zero-order valence-electron chi connectivity index (χ0n) is 9.95. The fourth-order valence-corrected chi connectivity index (χ4v) is 1.13. The third-order valence-electron chi connectivity index (χ3n) is 1.77. The number of ether oxygens (including phenoxy) is 1. The molecular formula is C10H12F4N2O2. The molecule has 0 bridgehead atoms. The highest BCUT2D eigenvalue weighted by Gasteiger charge is 2.27. The molecule has 1 heterocycles. The van der Waals surface area contributed by atoms with Gasteiger partial charge in [0.1, 0.15) is 17.0 Å². The molecule has 1 aromatic heterocycles. The van der Waals surface area contributed by atoms with Crippen LogP contribution in [0.5, 0.6) is 0 Å². The molecule has 18 heavy (non-hydrogen) atoms. The van der Waals surface area contributed by atoms with Crippen LogP contribution in [0.15, 0.2) is 6.07 Å². The van der Waals surface area contributed by atoms with E-state index in [1.54, 1.807) is 0 Å². The molecule has 0 atom stereocenters. The highest BCUT2D eigenvalue weighted by atomic mass is 19.3. The van der Waals surface area contributed by atoms with Crippen LogP contribution in [0, 0.1) is 0 Å². The third-order valence-corrected chi connectivity index (χ3v) is 1.77.